The van der Waals surface area contributed by atoms with Crippen LogP contribution in [0.15, 0.2) is 12.4 Å². The van der Waals surface area contributed by atoms with E-state index < -0.39 is 0 Å². The summed E-state index contributed by atoms with van der Waals surface area (Å²) < 4.78 is 4.99. The fraction of sp³-hybridized carbons (Fsp3) is 0.700. The number of rotatable bonds is 5. The molecule has 0 amide bonds. The number of aromatic nitrogens is 2. The van der Waals surface area contributed by atoms with E-state index in [1.165, 1.54) is 0 Å². The van der Waals surface area contributed by atoms with Crippen molar-refractivity contribution in [3.8, 4) is 0 Å². The third-order valence-electron chi connectivity index (χ3n) is 2.57. The second kappa shape index (κ2) is 5.32. The summed E-state index contributed by atoms with van der Waals surface area (Å²) in [6.45, 7) is 8.65. The lowest BCUT2D eigenvalue weighted by atomic mass is 10.4. The Morgan fingerprint density at radius 1 is 1.29 bits per heavy atom. The molecule has 1 rings (SSSR count). The van der Waals surface area contributed by atoms with Crippen molar-refractivity contribution in [3.05, 3.63) is 17.2 Å². The molecule has 14 heavy (non-hydrogen) atoms. The molecule has 0 saturated carbocycles. The summed E-state index contributed by atoms with van der Waals surface area (Å²) in [5, 5.41) is 0. The number of hydrogen-bond donors (Lipinski definition) is 0. The number of aryl methyl sites for hydroxylation is 1. The van der Waals surface area contributed by atoms with Crippen molar-refractivity contribution >= 4 is 12.2 Å². The predicted octanol–water partition coefficient (Wildman–Crippen LogP) is 1.90. The van der Waals surface area contributed by atoms with Crippen LogP contribution in [-0.4, -0.2) is 33.7 Å². The molecule has 0 unspecified atom stereocenters. The molecule has 0 radical (unpaired) electrons. The van der Waals surface area contributed by atoms with Gasteiger partial charge in [-0.25, -0.2) is 0 Å². The predicted molar refractivity (Wildman–Crippen MR) is 62.0 cm³/mol. The monoisotopic (exact) mass is 213 g/mol. The molecule has 3 nitrogen and oxygen atoms in total. The lowest BCUT2D eigenvalue weighted by Crippen LogP contribution is -2.26. The topological polar surface area (TPSA) is 13.1 Å². The van der Waals surface area contributed by atoms with E-state index in [0.29, 0.717) is 0 Å². The Hall–Kier alpha value is -0.610. The number of imidazole rings is 1. The molecular weight excluding hydrogens is 194 g/mol. The molecule has 0 N–H and O–H groups in total. The summed E-state index contributed by atoms with van der Waals surface area (Å²) in [7, 11) is 1.98. The quantitative estimate of drug-likeness (QED) is 0.693. The molecule has 0 aliphatic rings. The zero-order chi connectivity index (χ0) is 10.6. The minimum absolute atomic E-state index is 0.900. The molecule has 0 atom stereocenters. The smallest absolute Gasteiger partial charge is 0.179 e. The summed E-state index contributed by atoms with van der Waals surface area (Å²) in [4.78, 5) is 2.40. The molecule has 4 heteroatoms. The highest BCUT2D eigenvalue weighted by atomic mass is 32.1. The standard InChI is InChI=1S/C10H19N3S/c1-4-12(5-2)7-9-13-8-6-11(3)10(13)14/h6,8H,4-5,7,9H2,1-3H3. The first-order chi connectivity index (χ1) is 6.69. The van der Waals surface area contributed by atoms with Gasteiger partial charge in [-0.2, -0.15) is 0 Å². The largest absolute Gasteiger partial charge is 0.327 e. The Kier molecular flexibility index (Phi) is 4.35. The summed E-state index contributed by atoms with van der Waals surface area (Å²) >= 11 is 5.26. The normalized spacial score (nSPS) is 11.1. The number of nitrogens with zero attached hydrogens (tertiary/aromatic N) is 3. The number of hydrogen-bond acceptors (Lipinski definition) is 2. The molecule has 0 fully saturated rings. The van der Waals surface area contributed by atoms with Gasteiger partial charge in [0, 0.05) is 32.5 Å². The van der Waals surface area contributed by atoms with Crippen molar-refractivity contribution in [3.63, 3.8) is 0 Å². The lowest BCUT2D eigenvalue weighted by Gasteiger charge is -2.17. The van der Waals surface area contributed by atoms with E-state index >= 15 is 0 Å². The second-order valence-corrected chi connectivity index (χ2v) is 3.78. The molecule has 0 aliphatic heterocycles. The Bertz CT molecular complexity index is 322. The van der Waals surface area contributed by atoms with Gasteiger partial charge in [-0.3, -0.25) is 0 Å². The van der Waals surface area contributed by atoms with E-state index in [1.54, 1.807) is 0 Å². The highest BCUT2D eigenvalue weighted by Gasteiger charge is 2.00. The third-order valence-corrected chi connectivity index (χ3v) is 3.09. The van der Waals surface area contributed by atoms with Crippen molar-refractivity contribution < 1.29 is 0 Å². The second-order valence-electron chi connectivity index (χ2n) is 3.41. The average molecular weight is 213 g/mol. The molecule has 1 aromatic heterocycles. The average Bonchev–Trinajstić information content (AvgIpc) is 2.51. The fourth-order valence-electron chi connectivity index (χ4n) is 1.47. The van der Waals surface area contributed by atoms with Gasteiger partial charge in [0.15, 0.2) is 4.77 Å². The third kappa shape index (κ3) is 2.69. The van der Waals surface area contributed by atoms with Crippen LogP contribution >= 0.6 is 12.2 Å². The van der Waals surface area contributed by atoms with E-state index in [4.69, 9.17) is 12.2 Å². The summed E-state index contributed by atoms with van der Waals surface area (Å²) in [6.07, 6.45) is 4.05. The molecule has 0 bridgehead atoms. The summed E-state index contributed by atoms with van der Waals surface area (Å²) in [5.74, 6) is 0. The molecule has 0 aliphatic carbocycles. The summed E-state index contributed by atoms with van der Waals surface area (Å²) in [6, 6.07) is 0. The van der Waals surface area contributed by atoms with Crippen LogP contribution in [0.2, 0.25) is 0 Å². The van der Waals surface area contributed by atoms with Crippen molar-refractivity contribution in [2.45, 2.75) is 20.4 Å². The van der Waals surface area contributed by atoms with Gasteiger partial charge in [-0.15, -0.1) is 0 Å². The summed E-state index contributed by atoms with van der Waals surface area (Å²) in [5.41, 5.74) is 0. The molecule has 0 aromatic carbocycles. The first-order valence-electron chi connectivity index (χ1n) is 5.13. The lowest BCUT2D eigenvalue weighted by molar-refractivity contribution is 0.289. The zero-order valence-corrected chi connectivity index (χ0v) is 10.0. The Labute approximate surface area is 91.0 Å². The van der Waals surface area contributed by atoms with E-state index in [0.717, 1.165) is 31.0 Å². The van der Waals surface area contributed by atoms with Gasteiger partial charge in [-0.05, 0) is 25.3 Å². The number of likely N-dealkylation sites (N-methyl/N-ethyl adjacent to an activating group) is 1. The van der Waals surface area contributed by atoms with E-state index in [2.05, 4.69) is 23.3 Å². The fourth-order valence-corrected chi connectivity index (χ4v) is 1.68. The van der Waals surface area contributed by atoms with Crippen LogP contribution in [0.25, 0.3) is 0 Å². The Balaban J connectivity index is 2.53. The van der Waals surface area contributed by atoms with Crippen LogP contribution in [0.1, 0.15) is 13.8 Å². The minimum atomic E-state index is 0.900. The maximum atomic E-state index is 5.26. The van der Waals surface area contributed by atoms with Gasteiger partial charge in [0.2, 0.25) is 0 Å². The highest BCUT2D eigenvalue weighted by molar-refractivity contribution is 7.71. The van der Waals surface area contributed by atoms with Gasteiger partial charge in [0.25, 0.3) is 0 Å². The van der Waals surface area contributed by atoms with Crippen molar-refractivity contribution in [1.82, 2.24) is 14.0 Å². The molecule has 0 spiro atoms. The maximum absolute atomic E-state index is 5.26. The first-order valence-corrected chi connectivity index (χ1v) is 5.54. The zero-order valence-electron chi connectivity index (χ0n) is 9.23. The van der Waals surface area contributed by atoms with Gasteiger partial charge < -0.3 is 14.0 Å². The van der Waals surface area contributed by atoms with Crippen molar-refractivity contribution in [2.24, 2.45) is 7.05 Å². The van der Waals surface area contributed by atoms with Crippen LogP contribution < -0.4 is 0 Å². The molecule has 80 valence electrons. The minimum Gasteiger partial charge on any atom is -0.327 e. The molecule has 0 saturated heterocycles. The van der Waals surface area contributed by atoms with Gasteiger partial charge >= 0.3 is 0 Å². The van der Waals surface area contributed by atoms with Crippen LogP contribution in [0.5, 0.6) is 0 Å². The van der Waals surface area contributed by atoms with Crippen LogP contribution in [0.4, 0.5) is 0 Å². The van der Waals surface area contributed by atoms with E-state index in [9.17, 15) is 0 Å². The Morgan fingerprint density at radius 3 is 2.36 bits per heavy atom. The maximum Gasteiger partial charge on any atom is 0.179 e. The van der Waals surface area contributed by atoms with E-state index in [1.807, 2.05) is 24.0 Å². The van der Waals surface area contributed by atoms with Crippen LogP contribution in [0.3, 0.4) is 0 Å². The van der Waals surface area contributed by atoms with Crippen molar-refractivity contribution in [1.29, 1.82) is 0 Å². The van der Waals surface area contributed by atoms with Crippen LogP contribution in [0, 0.1) is 4.77 Å². The molecule has 1 aromatic rings. The molecular formula is C10H19N3S. The van der Waals surface area contributed by atoms with Gasteiger partial charge in [-0.1, -0.05) is 13.8 Å². The first kappa shape index (κ1) is 11.5. The highest BCUT2D eigenvalue weighted by Crippen LogP contribution is 1.96. The Morgan fingerprint density at radius 2 is 1.93 bits per heavy atom. The van der Waals surface area contributed by atoms with Gasteiger partial charge in [0.05, 0.1) is 0 Å². The van der Waals surface area contributed by atoms with Crippen molar-refractivity contribution in [2.75, 3.05) is 19.6 Å². The molecule has 1 heterocycles. The van der Waals surface area contributed by atoms with Gasteiger partial charge in [0.1, 0.15) is 0 Å². The SMILES string of the molecule is CCN(CC)CCn1ccn(C)c1=S. The van der Waals surface area contributed by atoms with Crippen LogP contribution in [-0.2, 0) is 13.6 Å². The van der Waals surface area contributed by atoms with E-state index in [-0.39, 0.29) is 0 Å².